The van der Waals surface area contributed by atoms with Crippen LogP contribution in [0.5, 0.6) is 0 Å². The van der Waals surface area contributed by atoms with Gasteiger partial charge in [-0.1, -0.05) is 5.16 Å². The number of nitrogens with zero attached hydrogens (tertiary/aromatic N) is 5. The van der Waals surface area contributed by atoms with Gasteiger partial charge < -0.3 is 31.8 Å². The van der Waals surface area contributed by atoms with Crippen LogP contribution >= 0.6 is 23.3 Å². The number of carboxylic acid groups (broad SMARTS) is 2. The maximum atomic E-state index is 13.1. The molecular formula is C22H23N8O8S2+. The number of fused-ring (bicyclic) bond motifs is 1. The number of aromatic carboxylic acids is 1. The van der Waals surface area contributed by atoms with Crippen molar-refractivity contribution in [3.05, 3.63) is 47.2 Å². The number of anilines is 1. The van der Waals surface area contributed by atoms with Crippen molar-refractivity contribution in [2.75, 3.05) is 11.5 Å². The lowest BCUT2D eigenvalue weighted by atomic mass is 10.0. The number of aromatic nitrogens is 3. The minimum absolute atomic E-state index is 0.0107. The van der Waals surface area contributed by atoms with Crippen LogP contribution in [-0.2, 0) is 30.6 Å². The van der Waals surface area contributed by atoms with Gasteiger partial charge in [0.25, 0.3) is 17.7 Å². The van der Waals surface area contributed by atoms with E-state index in [4.69, 9.17) is 21.4 Å². The molecule has 2 atom stereocenters. The monoisotopic (exact) mass is 591 g/mol. The Labute approximate surface area is 233 Å². The summed E-state index contributed by atoms with van der Waals surface area (Å²) in [6.07, 6.45) is 3.06. The number of carboxylic acids is 2. The number of pyridine rings is 1. The lowest BCUT2D eigenvalue weighted by Crippen LogP contribution is -2.71. The van der Waals surface area contributed by atoms with Crippen molar-refractivity contribution in [1.82, 2.24) is 19.6 Å². The molecule has 40 heavy (non-hydrogen) atoms. The van der Waals surface area contributed by atoms with Gasteiger partial charge in [-0.05, 0) is 13.8 Å². The van der Waals surface area contributed by atoms with E-state index >= 15 is 0 Å². The summed E-state index contributed by atoms with van der Waals surface area (Å²) in [5.74, 6) is -4.75. The molecule has 2 aliphatic rings. The maximum absolute atomic E-state index is 13.1. The molecule has 2 aromatic heterocycles. The molecule has 0 aliphatic carbocycles. The van der Waals surface area contributed by atoms with E-state index in [0.717, 1.165) is 11.5 Å². The number of oxime groups is 1. The molecule has 0 radical (unpaired) electrons. The van der Waals surface area contributed by atoms with E-state index in [9.17, 15) is 29.1 Å². The zero-order chi connectivity index (χ0) is 29.4. The Morgan fingerprint density at radius 2 is 1.95 bits per heavy atom. The SMILES string of the molecule is CC(C)(ON=C(C(=O)NC1C(=O)N2C(C(N)=O)=C(C[n+]3ccc(C(=O)O)cc3)CS[C@@H]12)c1nsc(N)n1)C(=O)O. The normalized spacial score (nSPS) is 19.0. The predicted molar refractivity (Wildman–Crippen MR) is 138 cm³/mol. The van der Waals surface area contributed by atoms with E-state index in [2.05, 4.69) is 19.8 Å². The first kappa shape index (κ1) is 28.4. The van der Waals surface area contributed by atoms with Crippen LogP contribution < -0.4 is 21.4 Å². The topological polar surface area (TPSA) is 244 Å². The number of carbonyl (C=O) groups is 5. The first-order valence-electron chi connectivity index (χ1n) is 11.4. The van der Waals surface area contributed by atoms with E-state index in [1.54, 1.807) is 4.57 Å². The van der Waals surface area contributed by atoms with Gasteiger partial charge in [-0.15, -0.1) is 11.8 Å². The molecule has 1 unspecified atom stereocenters. The number of nitrogen functional groups attached to an aromatic ring is 1. The second-order valence-electron chi connectivity index (χ2n) is 9.04. The van der Waals surface area contributed by atoms with E-state index in [1.807, 2.05) is 0 Å². The Morgan fingerprint density at radius 1 is 1.27 bits per heavy atom. The summed E-state index contributed by atoms with van der Waals surface area (Å²) in [7, 11) is 0. The molecule has 18 heteroatoms. The number of nitrogens with two attached hydrogens (primary N) is 2. The average molecular weight is 592 g/mol. The molecule has 0 saturated carbocycles. The molecule has 4 heterocycles. The summed E-state index contributed by atoms with van der Waals surface area (Å²) >= 11 is 2.05. The molecule has 1 fully saturated rings. The molecule has 0 aromatic carbocycles. The Balaban J connectivity index is 1.54. The Hall–Kier alpha value is -4.58. The van der Waals surface area contributed by atoms with Crippen molar-refractivity contribution < 1.29 is 43.6 Å². The van der Waals surface area contributed by atoms with E-state index in [1.165, 1.54) is 55.0 Å². The van der Waals surface area contributed by atoms with Gasteiger partial charge in [0.1, 0.15) is 17.1 Å². The summed E-state index contributed by atoms with van der Waals surface area (Å²) in [6, 6.07) is 1.72. The minimum Gasteiger partial charge on any atom is -0.478 e. The highest BCUT2D eigenvalue weighted by atomic mass is 32.2. The number of nitrogens with one attached hydrogen (secondary N) is 1. The summed E-state index contributed by atoms with van der Waals surface area (Å²) in [5.41, 5.74) is 9.55. The number of carbonyl (C=O) groups excluding carboxylic acids is 3. The number of aliphatic carboxylic acids is 1. The molecule has 0 bridgehead atoms. The molecule has 4 rings (SSSR count). The number of rotatable bonds is 10. The van der Waals surface area contributed by atoms with Gasteiger partial charge in [0.2, 0.25) is 17.1 Å². The number of hydrogen-bond donors (Lipinski definition) is 5. The number of thioether (sulfide) groups is 1. The van der Waals surface area contributed by atoms with Crippen LogP contribution in [0.15, 0.2) is 41.0 Å². The zero-order valence-electron chi connectivity index (χ0n) is 20.9. The second-order valence-corrected chi connectivity index (χ2v) is 10.9. The fourth-order valence-electron chi connectivity index (χ4n) is 3.69. The molecule has 3 amide bonds. The van der Waals surface area contributed by atoms with Gasteiger partial charge in [0, 0.05) is 35.0 Å². The van der Waals surface area contributed by atoms with Crippen LogP contribution in [0.4, 0.5) is 5.13 Å². The smallest absolute Gasteiger partial charge is 0.350 e. The fourth-order valence-corrected chi connectivity index (χ4v) is 5.46. The van der Waals surface area contributed by atoms with Crippen molar-refractivity contribution in [2.24, 2.45) is 10.9 Å². The highest BCUT2D eigenvalue weighted by Crippen LogP contribution is 2.40. The number of amides is 3. The second kappa shape index (κ2) is 10.9. The van der Waals surface area contributed by atoms with Crippen LogP contribution in [0.1, 0.15) is 30.0 Å². The molecule has 16 nitrogen and oxygen atoms in total. The maximum Gasteiger partial charge on any atom is 0.350 e. The third-order valence-corrected chi connectivity index (χ3v) is 7.71. The minimum atomic E-state index is -1.79. The highest BCUT2D eigenvalue weighted by Gasteiger charge is 2.54. The Bertz CT molecular complexity index is 1470. The van der Waals surface area contributed by atoms with Crippen molar-refractivity contribution in [3.63, 3.8) is 0 Å². The first-order valence-corrected chi connectivity index (χ1v) is 13.2. The lowest BCUT2D eigenvalue weighted by Gasteiger charge is -2.49. The average Bonchev–Trinajstić information content (AvgIpc) is 3.32. The van der Waals surface area contributed by atoms with Crippen LogP contribution in [0, 0.1) is 0 Å². The third kappa shape index (κ3) is 5.57. The number of β-lactam (4-membered cyclic amide) rings is 1. The van der Waals surface area contributed by atoms with E-state index in [-0.39, 0.29) is 34.5 Å². The third-order valence-electron chi connectivity index (χ3n) is 5.83. The Kier molecular flexibility index (Phi) is 7.74. The predicted octanol–water partition coefficient (Wildman–Crippen LogP) is -1.47. The van der Waals surface area contributed by atoms with E-state index in [0.29, 0.717) is 5.57 Å². The largest absolute Gasteiger partial charge is 0.478 e. The van der Waals surface area contributed by atoms with E-state index < -0.39 is 52.4 Å². The van der Waals surface area contributed by atoms with Gasteiger partial charge in [0.15, 0.2) is 24.1 Å². The lowest BCUT2D eigenvalue weighted by molar-refractivity contribution is -0.689. The van der Waals surface area contributed by atoms with Crippen LogP contribution in [0.25, 0.3) is 0 Å². The van der Waals surface area contributed by atoms with Crippen LogP contribution in [0.2, 0.25) is 0 Å². The molecule has 1 saturated heterocycles. The van der Waals surface area contributed by atoms with Crippen molar-refractivity contribution in [3.8, 4) is 0 Å². The van der Waals surface area contributed by atoms with Gasteiger partial charge in [-0.25, -0.2) is 14.2 Å². The molecule has 2 aromatic rings. The molecular weight excluding hydrogens is 568 g/mol. The van der Waals surface area contributed by atoms with Gasteiger partial charge in [-0.2, -0.15) is 9.36 Å². The molecule has 0 spiro atoms. The molecule has 2 aliphatic heterocycles. The molecule has 7 N–H and O–H groups in total. The standard InChI is InChI=1S/C22H22N8O8S2/c1-22(2,20(36)37)38-27-11(15-26-21(24)40-28-15)16(32)25-12-17(33)30-13(14(23)31)10(8-39-18(12)30)7-29-5-3-9(4-6-29)19(34)35/h3-6,12,18H,7-8H2,1-2H3,(H6-,23,24,25,26,28,31,32,34,35,36,37)/p+1/t12?,18-/m0/s1. The molecule has 210 valence electrons. The number of primary amides is 1. The van der Waals surface area contributed by atoms with Gasteiger partial charge in [-0.3, -0.25) is 19.3 Å². The number of hydrogen-bond acceptors (Lipinski definition) is 12. The summed E-state index contributed by atoms with van der Waals surface area (Å²) in [6.45, 7) is 2.61. The van der Waals surface area contributed by atoms with Crippen LogP contribution in [-0.4, -0.2) is 82.6 Å². The zero-order valence-corrected chi connectivity index (χ0v) is 22.6. The summed E-state index contributed by atoms with van der Waals surface area (Å²) in [5, 5.41) is 23.9. The van der Waals surface area contributed by atoms with Crippen molar-refractivity contribution >= 4 is 63.8 Å². The van der Waals surface area contributed by atoms with Crippen molar-refractivity contribution in [1.29, 1.82) is 0 Å². The van der Waals surface area contributed by atoms with Crippen LogP contribution in [0.3, 0.4) is 0 Å². The summed E-state index contributed by atoms with van der Waals surface area (Å²) in [4.78, 5) is 71.3. The van der Waals surface area contributed by atoms with Gasteiger partial charge in [0.05, 0.1) is 5.56 Å². The van der Waals surface area contributed by atoms with Crippen molar-refractivity contribution in [2.45, 2.75) is 37.4 Å². The quantitative estimate of drug-likeness (QED) is 0.0920. The fraction of sp³-hybridized carbons (Fsp3) is 0.318. The highest BCUT2D eigenvalue weighted by molar-refractivity contribution is 8.00. The summed E-state index contributed by atoms with van der Waals surface area (Å²) < 4.78 is 5.56. The first-order chi connectivity index (χ1) is 18.8. The Morgan fingerprint density at radius 3 is 2.50 bits per heavy atom. The van der Waals surface area contributed by atoms with Gasteiger partial charge >= 0.3 is 11.9 Å².